The molecule has 1 aromatic rings. The first kappa shape index (κ1) is 24.9. The molecule has 3 nitrogen and oxygen atoms in total. The highest BCUT2D eigenvalue weighted by Gasteiger charge is 2.48. The number of nitrogens with zero attached hydrogens (tertiary/aromatic N) is 1. The third-order valence-electron chi connectivity index (χ3n) is 7.89. The van der Waals surface area contributed by atoms with Gasteiger partial charge in [0.15, 0.2) is 11.6 Å². The van der Waals surface area contributed by atoms with E-state index in [0.717, 1.165) is 42.5 Å². The van der Waals surface area contributed by atoms with Crippen molar-refractivity contribution in [3.63, 3.8) is 0 Å². The Morgan fingerprint density at radius 3 is 1.76 bits per heavy atom. The van der Waals surface area contributed by atoms with Crippen molar-refractivity contribution in [2.45, 2.75) is 105 Å². The maximum atomic E-state index is 13.7. The molecule has 0 aromatic heterocycles. The average Bonchev–Trinajstić information content (AvgIpc) is 2.75. The highest BCUT2D eigenvalue weighted by Crippen LogP contribution is 2.54. The quantitative estimate of drug-likeness (QED) is 0.372. The number of Topliss-reactive ketones (excluding diaryl/α,β-unsaturated/α-hetero) is 2. The summed E-state index contributed by atoms with van der Waals surface area (Å²) in [6.45, 7) is 12.0. The predicted octanol–water partition coefficient (Wildman–Crippen LogP) is 7.73. The van der Waals surface area contributed by atoms with E-state index in [1.807, 2.05) is 18.2 Å². The fourth-order valence-corrected chi connectivity index (χ4v) is 6.35. The Bertz CT molecular complexity index is 942. The van der Waals surface area contributed by atoms with Gasteiger partial charge in [-0.1, -0.05) is 97.1 Å². The lowest BCUT2D eigenvalue weighted by Gasteiger charge is -2.49. The fraction of sp³-hybridized carbons (Fsp3) is 0.613. The van der Waals surface area contributed by atoms with Gasteiger partial charge in [0, 0.05) is 47.8 Å². The lowest BCUT2D eigenvalue weighted by Crippen LogP contribution is -2.44. The van der Waals surface area contributed by atoms with E-state index in [1.54, 1.807) is 0 Å². The molecule has 0 saturated heterocycles. The summed E-state index contributed by atoms with van der Waals surface area (Å²) in [5.41, 5.74) is 5.20. The first-order valence-electron chi connectivity index (χ1n) is 13.5. The second-order valence-corrected chi connectivity index (χ2v) is 12.4. The molecule has 0 N–H and O–H groups in total. The van der Waals surface area contributed by atoms with Crippen LogP contribution in [0.4, 0.5) is 0 Å². The molecule has 1 aromatic carbocycles. The molecule has 0 unspecified atom stereocenters. The molecule has 4 rings (SSSR count). The molecule has 0 spiro atoms. The number of ketones is 2. The molecule has 1 aliphatic heterocycles. The van der Waals surface area contributed by atoms with Crippen LogP contribution in [0.2, 0.25) is 0 Å². The van der Waals surface area contributed by atoms with Crippen LogP contribution >= 0.6 is 0 Å². The van der Waals surface area contributed by atoms with Crippen molar-refractivity contribution < 1.29 is 9.59 Å². The van der Waals surface area contributed by atoms with Gasteiger partial charge in [0.2, 0.25) is 0 Å². The smallest absolute Gasteiger partial charge is 0.162 e. The third kappa shape index (κ3) is 5.09. The van der Waals surface area contributed by atoms with Crippen molar-refractivity contribution in [3.8, 4) is 0 Å². The Kier molecular flexibility index (Phi) is 7.22. The maximum Gasteiger partial charge on any atom is 0.162 e. The Hall–Kier alpha value is -2.16. The number of carbonyl (C=O) groups excluding carboxylic acids is 2. The number of hydrogen-bond donors (Lipinski definition) is 0. The van der Waals surface area contributed by atoms with Crippen molar-refractivity contribution >= 4 is 11.6 Å². The van der Waals surface area contributed by atoms with E-state index < -0.39 is 0 Å². The second-order valence-electron chi connectivity index (χ2n) is 12.4. The second kappa shape index (κ2) is 9.84. The Morgan fingerprint density at radius 1 is 0.735 bits per heavy atom. The molecule has 3 aliphatic rings. The van der Waals surface area contributed by atoms with Crippen LogP contribution in [0.5, 0.6) is 0 Å². The van der Waals surface area contributed by atoms with Gasteiger partial charge in [-0.15, -0.1) is 0 Å². The Balaban J connectivity index is 1.79. The van der Waals surface area contributed by atoms with E-state index >= 15 is 0 Å². The number of carbonyl (C=O) groups is 2. The molecular formula is C31H43NO2. The Morgan fingerprint density at radius 2 is 1.24 bits per heavy atom. The van der Waals surface area contributed by atoms with E-state index in [1.165, 1.54) is 43.5 Å². The molecule has 0 radical (unpaired) electrons. The molecule has 0 saturated carbocycles. The van der Waals surface area contributed by atoms with E-state index in [-0.39, 0.29) is 28.3 Å². The van der Waals surface area contributed by atoms with Crippen LogP contribution in [0.15, 0.2) is 52.9 Å². The number of benzene rings is 1. The topological polar surface area (TPSA) is 37.4 Å². The number of unbranched alkanes of at least 4 members (excludes halogenated alkanes) is 5. The molecule has 0 amide bonds. The van der Waals surface area contributed by atoms with Gasteiger partial charge in [-0.2, -0.15) is 0 Å². The molecular weight excluding hydrogens is 418 g/mol. The van der Waals surface area contributed by atoms with Gasteiger partial charge >= 0.3 is 0 Å². The van der Waals surface area contributed by atoms with Gasteiger partial charge < -0.3 is 4.90 Å². The first-order chi connectivity index (χ1) is 16.1. The minimum atomic E-state index is -0.209. The minimum absolute atomic E-state index is 0.0528. The summed E-state index contributed by atoms with van der Waals surface area (Å²) in [7, 11) is 0. The zero-order chi connectivity index (χ0) is 24.5. The number of hydrogen-bond acceptors (Lipinski definition) is 3. The molecule has 0 bridgehead atoms. The molecule has 2 aliphatic carbocycles. The van der Waals surface area contributed by atoms with Gasteiger partial charge in [0.05, 0.1) is 0 Å². The van der Waals surface area contributed by atoms with E-state index in [4.69, 9.17) is 0 Å². The van der Waals surface area contributed by atoms with Crippen molar-refractivity contribution in [1.29, 1.82) is 0 Å². The first-order valence-corrected chi connectivity index (χ1v) is 13.5. The number of rotatable bonds is 8. The van der Waals surface area contributed by atoms with Gasteiger partial charge in [0.1, 0.15) is 0 Å². The van der Waals surface area contributed by atoms with Crippen LogP contribution in [-0.4, -0.2) is 23.0 Å². The summed E-state index contributed by atoms with van der Waals surface area (Å²) in [6.07, 6.45) is 10.4. The van der Waals surface area contributed by atoms with Crippen molar-refractivity contribution in [1.82, 2.24) is 4.90 Å². The van der Waals surface area contributed by atoms with E-state index in [0.29, 0.717) is 12.8 Å². The van der Waals surface area contributed by atoms with E-state index in [2.05, 4.69) is 51.7 Å². The molecule has 0 fully saturated rings. The summed E-state index contributed by atoms with van der Waals surface area (Å²) in [6, 6.07) is 10.3. The van der Waals surface area contributed by atoms with Crippen molar-refractivity contribution in [2.24, 2.45) is 10.8 Å². The SMILES string of the molecule is CCCCCCCCN1C2=C(C(=O)CC(C)(C)C2)C(c2ccccc2)C2=C1CC(C)(C)CC2=O. The molecule has 1 heterocycles. The van der Waals surface area contributed by atoms with Crippen LogP contribution < -0.4 is 0 Å². The summed E-state index contributed by atoms with van der Waals surface area (Å²) in [5, 5.41) is 0. The molecule has 34 heavy (non-hydrogen) atoms. The normalized spacial score (nSPS) is 22.2. The fourth-order valence-electron chi connectivity index (χ4n) is 6.35. The van der Waals surface area contributed by atoms with Crippen molar-refractivity contribution in [2.75, 3.05) is 6.54 Å². The average molecular weight is 462 g/mol. The lowest BCUT2D eigenvalue weighted by atomic mass is 9.63. The highest BCUT2D eigenvalue weighted by molar-refractivity contribution is 6.06. The third-order valence-corrected chi connectivity index (χ3v) is 7.89. The molecule has 184 valence electrons. The van der Waals surface area contributed by atoms with Gasteiger partial charge in [-0.3, -0.25) is 9.59 Å². The molecule has 3 heteroatoms. The Labute approximate surface area is 206 Å². The largest absolute Gasteiger partial charge is 0.348 e. The summed E-state index contributed by atoms with van der Waals surface area (Å²) in [4.78, 5) is 29.9. The van der Waals surface area contributed by atoms with Crippen molar-refractivity contribution in [3.05, 3.63) is 58.4 Å². The van der Waals surface area contributed by atoms with Crippen LogP contribution in [0.3, 0.4) is 0 Å². The summed E-state index contributed by atoms with van der Waals surface area (Å²) in [5.74, 6) is 0.258. The number of allylic oxidation sites excluding steroid dienone is 4. The monoisotopic (exact) mass is 461 g/mol. The van der Waals surface area contributed by atoms with Gasteiger partial charge in [0.25, 0.3) is 0 Å². The summed E-state index contributed by atoms with van der Waals surface area (Å²) >= 11 is 0. The highest BCUT2D eigenvalue weighted by atomic mass is 16.1. The summed E-state index contributed by atoms with van der Waals surface area (Å²) < 4.78 is 0. The van der Waals surface area contributed by atoms with Gasteiger partial charge in [-0.05, 0) is 35.7 Å². The predicted molar refractivity (Wildman–Crippen MR) is 139 cm³/mol. The maximum absolute atomic E-state index is 13.7. The standard InChI is InChI=1S/C31H43NO2/c1-6-7-8-9-10-14-17-32-23-18-30(2,3)20-25(33)28(23)27(22-15-12-11-13-16-22)29-24(32)19-31(4,5)21-26(29)34/h11-13,15-16,27H,6-10,14,17-21H2,1-5H3. The van der Waals surface area contributed by atoms with E-state index in [9.17, 15) is 9.59 Å². The van der Waals surface area contributed by atoms with Crippen LogP contribution in [0, 0.1) is 10.8 Å². The lowest BCUT2D eigenvalue weighted by molar-refractivity contribution is -0.119. The zero-order valence-corrected chi connectivity index (χ0v) is 22.0. The van der Waals surface area contributed by atoms with Gasteiger partial charge in [-0.25, -0.2) is 0 Å². The minimum Gasteiger partial charge on any atom is -0.348 e. The van der Waals surface area contributed by atoms with Crippen LogP contribution in [-0.2, 0) is 9.59 Å². The van der Waals surface area contributed by atoms with Crippen LogP contribution in [0.25, 0.3) is 0 Å². The zero-order valence-electron chi connectivity index (χ0n) is 22.0. The molecule has 0 atom stereocenters. The van der Waals surface area contributed by atoms with Crippen LogP contribution in [0.1, 0.15) is 110 Å².